The van der Waals surface area contributed by atoms with Gasteiger partial charge in [0.05, 0.1) is 21.7 Å². The first kappa shape index (κ1) is 26.5. The monoisotopic (exact) mass is 531 g/mol. The molecule has 3 aromatic carbocycles. The van der Waals surface area contributed by atoms with E-state index >= 15 is 0 Å². The Kier molecular flexibility index (Phi) is 8.02. The van der Waals surface area contributed by atoms with Gasteiger partial charge in [-0.15, -0.1) is 13.2 Å². The lowest BCUT2D eigenvalue weighted by molar-refractivity contribution is 0.0985. The quantitative estimate of drug-likeness (QED) is 0.231. The molecule has 0 fully saturated rings. The highest BCUT2D eigenvalue weighted by atomic mass is 32.2. The smallest absolute Gasteiger partial charge is 0.260 e. The Morgan fingerprint density at radius 3 is 2.24 bits per heavy atom. The molecule has 1 heterocycles. The number of sulfonamides is 1. The fourth-order valence-electron chi connectivity index (χ4n) is 4.11. The van der Waals surface area contributed by atoms with Crippen molar-refractivity contribution in [1.29, 1.82) is 0 Å². The molecule has 0 aliphatic rings. The Morgan fingerprint density at radius 2 is 1.62 bits per heavy atom. The number of fused-ring (bicyclic) bond motifs is 1. The number of benzene rings is 3. The Balaban J connectivity index is 1.71. The molecule has 0 spiro atoms. The molecular formula is C29H29N3O3S2. The highest BCUT2D eigenvalue weighted by Crippen LogP contribution is 2.33. The van der Waals surface area contributed by atoms with Gasteiger partial charge in [0.1, 0.15) is 0 Å². The fourth-order valence-corrected chi connectivity index (χ4v) is 6.50. The van der Waals surface area contributed by atoms with Gasteiger partial charge >= 0.3 is 0 Å². The van der Waals surface area contributed by atoms with Crippen molar-refractivity contribution >= 4 is 42.6 Å². The van der Waals surface area contributed by atoms with Crippen LogP contribution in [0.1, 0.15) is 27.0 Å². The molecule has 0 bridgehead atoms. The van der Waals surface area contributed by atoms with Gasteiger partial charge in [-0.25, -0.2) is 13.4 Å². The number of thiazole rings is 1. The third-order valence-corrected chi connectivity index (χ3v) is 8.95. The molecule has 0 saturated carbocycles. The lowest BCUT2D eigenvalue weighted by Crippen LogP contribution is -2.32. The molecule has 0 N–H and O–H groups in total. The van der Waals surface area contributed by atoms with Crippen LogP contribution in [0.2, 0.25) is 0 Å². The van der Waals surface area contributed by atoms with Crippen LogP contribution in [-0.4, -0.2) is 36.7 Å². The molecule has 190 valence electrons. The van der Waals surface area contributed by atoms with E-state index in [1.807, 2.05) is 50.2 Å². The zero-order chi connectivity index (χ0) is 26.6. The molecule has 0 aliphatic carbocycles. The van der Waals surface area contributed by atoms with Crippen LogP contribution in [0.5, 0.6) is 0 Å². The van der Waals surface area contributed by atoms with Crippen LogP contribution in [0.4, 0.5) is 5.13 Å². The molecular weight excluding hydrogens is 502 g/mol. The van der Waals surface area contributed by atoms with Gasteiger partial charge in [-0.05, 0) is 60.9 Å². The third-order valence-electron chi connectivity index (χ3n) is 5.87. The molecule has 8 heteroatoms. The minimum Gasteiger partial charge on any atom is -0.279 e. The maximum Gasteiger partial charge on any atom is 0.260 e. The Morgan fingerprint density at radius 1 is 0.973 bits per heavy atom. The maximum atomic E-state index is 13.8. The second kappa shape index (κ2) is 11.2. The molecule has 0 radical (unpaired) electrons. The van der Waals surface area contributed by atoms with Gasteiger partial charge in [0.25, 0.3) is 5.91 Å². The van der Waals surface area contributed by atoms with Gasteiger partial charge in [0.15, 0.2) is 5.13 Å². The summed E-state index contributed by atoms with van der Waals surface area (Å²) in [6, 6.07) is 19.9. The summed E-state index contributed by atoms with van der Waals surface area (Å²) in [7, 11) is -3.76. The molecule has 6 nitrogen and oxygen atoms in total. The molecule has 0 unspecified atom stereocenters. The van der Waals surface area contributed by atoms with Crippen molar-refractivity contribution in [2.75, 3.05) is 18.0 Å². The van der Waals surface area contributed by atoms with Crippen molar-refractivity contribution in [3.63, 3.8) is 0 Å². The number of carbonyl (C=O) groups is 1. The van der Waals surface area contributed by atoms with Gasteiger partial charge < -0.3 is 0 Å². The van der Waals surface area contributed by atoms with E-state index in [0.717, 1.165) is 26.9 Å². The summed E-state index contributed by atoms with van der Waals surface area (Å²) in [6.07, 6.45) is 3.06. The molecule has 1 amide bonds. The topological polar surface area (TPSA) is 70.6 Å². The number of hydrogen-bond donors (Lipinski definition) is 0. The van der Waals surface area contributed by atoms with Crippen LogP contribution >= 0.6 is 11.3 Å². The van der Waals surface area contributed by atoms with Crippen molar-refractivity contribution in [3.8, 4) is 0 Å². The second-order valence-electron chi connectivity index (χ2n) is 8.73. The minimum absolute atomic E-state index is 0.105. The van der Waals surface area contributed by atoms with E-state index in [1.54, 1.807) is 17.0 Å². The SMILES string of the molecule is C=CCN(CC=C)S(=O)(=O)c1ccc(C(=O)N(Cc2ccccc2)c2nc3cc(C)cc(C)c3s2)cc1. The number of amides is 1. The van der Waals surface area contributed by atoms with Crippen molar-refractivity contribution in [2.24, 2.45) is 0 Å². The van der Waals surface area contributed by atoms with Gasteiger partial charge in [-0.3, -0.25) is 9.69 Å². The molecule has 0 atom stereocenters. The number of aryl methyl sites for hydroxylation is 2. The number of rotatable bonds is 10. The summed E-state index contributed by atoms with van der Waals surface area (Å²) in [5.74, 6) is -0.254. The third kappa shape index (κ3) is 5.72. The molecule has 0 aliphatic heterocycles. The Hall–Kier alpha value is -3.59. The van der Waals surface area contributed by atoms with Crippen molar-refractivity contribution in [3.05, 3.63) is 114 Å². The number of carbonyl (C=O) groups excluding carboxylic acids is 1. The van der Waals surface area contributed by atoms with Crippen molar-refractivity contribution in [1.82, 2.24) is 9.29 Å². The first-order valence-electron chi connectivity index (χ1n) is 11.8. The van der Waals surface area contributed by atoms with Crippen LogP contribution in [0, 0.1) is 13.8 Å². The first-order chi connectivity index (χ1) is 17.7. The van der Waals surface area contributed by atoms with Gasteiger partial charge in [0, 0.05) is 18.7 Å². The Labute approximate surface area is 222 Å². The van der Waals surface area contributed by atoms with Crippen LogP contribution in [0.25, 0.3) is 10.2 Å². The van der Waals surface area contributed by atoms with E-state index in [2.05, 4.69) is 19.2 Å². The predicted octanol–water partition coefficient (Wildman–Crippen LogP) is 6.12. The van der Waals surface area contributed by atoms with E-state index in [0.29, 0.717) is 17.2 Å². The van der Waals surface area contributed by atoms with Crippen LogP contribution in [0.15, 0.2) is 96.9 Å². The largest absolute Gasteiger partial charge is 0.279 e. The molecule has 1 aromatic heterocycles. The average molecular weight is 532 g/mol. The fraction of sp³-hybridized carbons (Fsp3) is 0.172. The number of anilines is 1. The van der Waals surface area contributed by atoms with E-state index in [4.69, 9.17) is 4.98 Å². The highest BCUT2D eigenvalue weighted by molar-refractivity contribution is 7.89. The Bertz CT molecular complexity index is 1530. The summed E-state index contributed by atoms with van der Waals surface area (Å²) < 4.78 is 28.5. The molecule has 0 saturated heterocycles. The van der Waals surface area contributed by atoms with Crippen LogP contribution in [-0.2, 0) is 16.6 Å². The number of nitrogens with zero attached hydrogens (tertiary/aromatic N) is 3. The first-order valence-corrected chi connectivity index (χ1v) is 14.1. The number of aromatic nitrogens is 1. The molecule has 4 rings (SSSR count). The van der Waals surface area contributed by atoms with Crippen LogP contribution < -0.4 is 4.90 Å². The highest BCUT2D eigenvalue weighted by Gasteiger charge is 2.25. The van der Waals surface area contributed by atoms with E-state index in [1.165, 1.54) is 39.9 Å². The van der Waals surface area contributed by atoms with Crippen molar-refractivity contribution in [2.45, 2.75) is 25.3 Å². The zero-order valence-electron chi connectivity index (χ0n) is 20.9. The van der Waals surface area contributed by atoms with Gasteiger partial charge in [-0.2, -0.15) is 4.31 Å². The minimum atomic E-state index is -3.76. The summed E-state index contributed by atoms with van der Waals surface area (Å²) in [5.41, 5.74) is 4.42. The maximum absolute atomic E-state index is 13.8. The lowest BCUT2D eigenvalue weighted by atomic mass is 10.1. The van der Waals surface area contributed by atoms with Crippen molar-refractivity contribution < 1.29 is 13.2 Å². The van der Waals surface area contributed by atoms with E-state index in [-0.39, 0.29) is 23.9 Å². The normalized spacial score (nSPS) is 11.5. The van der Waals surface area contributed by atoms with E-state index < -0.39 is 10.0 Å². The van der Waals surface area contributed by atoms with Gasteiger partial charge in [0.2, 0.25) is 10.0 Å². The average Bonchev–Trinajstić information content (AvgIpc) is 3.31. The summed E-state index contributed by atoms with van der Waals surface area (Å²) >= 11 is 1.48. The summed E-state index contributed by atoms with van der Waals surface area (Å²) in [6.45, 7) is 12.0. The second-order valence-corrected chi connectivity index (χ2v) is 11.6. The summed E-state index contributed by atoms with van der Waals surface area (Å²) in [5, 5.41) is 0.595. The zero-order valence-corrected chi connectivity index (χ0v) is 22.6. The van der Waals surface area contributed by atoms with E-state index in [9.17, 15) is 13.2 Å². The predicted molar refractivity (Wildman–Crippen MR) is 152 cm³/mol. The lowest BCUT2D eigenvalue weighted by Gasteiger charge is -2.21. The van der Waals surface area contributed by atoms with Gasteiger partial charge in [-0.1, -0.05) is 59.9 Å². The number of hydrogen-bond acceptors (Lipinski definition) is 5. The molecule has 37 heavy (non-hydrogen) atoms. The standard InChI is InChI=1S/C29H29N3O3S2/c1-5-16-31(17-6-2)37(34,35)25-14-12-24(13-15-25)28(33)32(20-23-10-8-7-9-11-23)29-30-26-19-21(3)18-22(4)27(26)36-29/h5-15,18-19H,1-2,16-17,20H2,3-4H3. The molecule has 4 aromatic rings. The van der Waals surface area contributed by atoms with Crippen LogP contribution in [0.3, 0.4) is 0 Å². The summed E-state index contributed by atoms with van der Waals surface area (Å²) in [4.78, 5) is 20.3.